The molecule has 2 aliphatic heterocycles. The third-order valence-electron chi connectivity index (χ3n) is 5.12. The SMILES string of the molecule is CCc1ccccc1C(=O)N(CC)C1CC2CCC(C1)N2. The number of benzene rings is 1. The largest absolute Gasteiger partial charge is 0.336 e. The lowest BCUT2D eigenvalue weighted by atomic mass is 9.96. The molecule has 1 amide bonds. The van der Waals surface area contributed by atoms with Crippen LogP contribution in [0.4, 0.5) is 0 Å². The number of hydrogen-bond acceptors (Lipinski definition) is 2. The summed E-state index contributed by atoms with van der Waals surface area (Å²) in [5.74, 6) is 0.223. The number of aryl methyl sites for hydroxylation is 1. The van der Waals surface area contributed by atoms with Crippen molar-refractivity contribution in [2.24, 2.45) is 0 Å². The summed E-state index contributed by atoms with van der Waals surface area (Å²) in [4.78, 5) is 15.1. The van der Waals surface area contributed by atoms with Gasteiger partial charge in [0.25, 0.3) is 5.91 Å². The molecule has 3 heteroatoms. The molecule has 0 saturated carbocycles. The zero-order valence-electron chi connectivity index (χ0n) is 13.1. The fourth-order valence-electron chi connectivity index (χ4n) is 4.04. The van der Waals surface area contributed by atoms with Gasteiger partial charge in [0.2, 0.25) is 0 Å². The summed E-state index contributed by atoms with van der Waals surface area (Å²) in [5, 5.41) is 3.66. The second kappa shape index (κ2) is 6.18. The molecule has 2 atom stereocenters. The van der Waals surface area contributed by atoms with Crippen LogP contribution >= 0.6 is 0 Å². The van der Waals surface area contributed by atoms with Gasteiger partial charge in [-0.15, -0.1) is 0 Å². The quantitative estimate of drug-likeness (QED) is 0.923. The molecule has 114 valence electrons. The Balaban J connectivity index is 1.81. The van der Waals surface area contributed by atoms with E-state index < -0.39 is 0 Å². The van der Waals surface area contributed by atoms with E-state index in [-0.39, 0.29) is 5.91 Å². The molecule has 0 radical (unpaired) electrons. The highest BCUT2D eigenvalue weighted by molar-refractivity contribution is 5.96. The van der Waals surface area contributed by atoms with E-state index in [4.69, 9.17) is 0 Å². The molecule has 0 aromatic heterocycles. The molecule has 3 nitrogen and oxygen atoms in total. The third kappa shape index (κ3) is 2.84. The number of amides is 1. The summed E-state index contributed by atoms with van der Waals surface area (Å²) >= 11 is 0. The first-order valence-electron chi connectivity index (χ1n) is 8.37. The third-order valence-corrected chi connectivity index (χ3v) is 5.12. The summed E-state index contributed by atoms with van der Waals surface area (Å²) in [6.07, 6.45) is 5.70. The molecule has 2 heterocycles. The Bertz CT molecular complexity index is 502. The van der Waals surface area contributed by atoms with Crippen molar-refractivity contribution >= 4 is 5.91 Å². The second-order valence-electron chi connectivity index (χ2n) is 6.36. The average Bonchev–Trinajstić information content (AvgIpc) is 2.86. The van der Waals surface area contributed by atoms with E-state index in [1.54, 1.807) is 0 Å². The molecule has 2 fully saturated rings. The molecule has 1 aromatic rings. The lowest BCUT2D eigenvalue weighted by Gasteiger charge is -2.37. The number of piperidine rings is 1. The van der Waals surface area contributed by atoms with E-state index in [0.29, 0.717) is 18.1 Å². The maximum absolute atomic E-state index is 13.0. The zero-order chi connectivity index (χ0) is 14.8. The molecule has 0 spiro atoms. The van der Waals surface area contributed by atoms with Crippen LogP contribution in [0.3, 0.4) is 0 Å². The first kappa shape index (κ1) is 14.6. The molecule has 2 saturated heterocycles. The molecule has 2 aliphatic rings. The Morgan fingerprint density at radius 3 is 2.48 bits per heavy atom. The minimum atomic E-state index is 0.223. The van der Waals surface area contributed by atoms with Crippen molar-refractivity contribution in [1.29, 1.82) is 0 Å². The normalized spacial score (nSPS) is 27.6. The molecular weight excluding hydrogens is 260 g/mol. The van der Waals surface area contributed by atoms with Crippen LogP contribution in [-0.2, 0) is 6.42 Å². The predicted molar refractivity (Wildman–Crippen MR) is 85.5 cm³/mol. The zero-order valence-corrected chi connectivity index (χ0v) is 13.1. The van der Waals surface area contributed by atoms with Crippen molar-refractivity contribution in [2.75, 3.05) is 6.54 Å². The Kier molecular flexibility index (Phi) is 4.29. The standard InChI is InChI=1S/C18H26N2O/c1-3-13-7-5-6-8-17(13)18(21)20(4-2)16-11-14-9-10-15(12-16)19-14/h5-8,14-16,19H,3-4,9-12H2,1-2H3. The van der Waals surface area contributed by atoms with Gasteiger partial charge in [-0.25, -0.2) is 0 Å². The van der Waals surface area contributed by atoms with Crippen LogP contribution in [0.1, 0.15) is 55.5 Å². The summed E-state index contributed by atoms with van der Waals surface area (Å²) < 4.78 is 0. The second-order valence-corrected chi connectivity index (χ2v) is 6.36. The average molecular weight is 286 g/mol. The van der Waals surface area contributed by atoms with Gasteiger partial charge in [-0.05, 0) is 50.7 Å². The van der Waals surface area contributed by atoms with Crippen molar-refractivity contribution < 1.29 is 4.79 Å². The van der Waals surface area contributed by atoms with Gasteiger partial charge >= 0.3 is 0 Å². The Hall–Kier alpha value is -1.35. The van der Waals surface area contributed by atoms with Crippen molar-refractivity contribution in [3.63, 3.8) is 0 Å². The lowest BCUT2D eigenvalue weighted by Crippen LogP contribution is -2.50. The van der Waals surface area contributed by atoms with Crippen LogP contribution in [0.2, 0.25) is 0 Å². The lowest BCUT2D eigenvalue weighted by molar-refractivity contribution is 0.0630. The first-order chi connectivity index (χ1) is 10.2. The van der Waals surface area contributed by atoms with Gasteiger partial charge in [-0.2, -0.15) is 0 Å². The molecule has 3 rings (SSSR count). The maximum Gasteiger partial charge on any atom is 0.254 e. The number of nitrogens with zero attached hydrogens (tertiary/aromatic N) is 1. The van der Waals surface area contributed by atoms with Crippen LogP contribution in [-0.4, -0.2) is 35.5 Å². The van der Waals surface area contributed by atoms with Crippen LogP contribution in [0.5, 0.6) is 0 Å². The summed E-state index contributed by atoms with van der Waals surface area (Å²) in [6.45, 7) is 5.03. The van der Waals surface area contributed by atoms with Gasteiger partial charge in [0.15, 0.2) is 0 Å². The van der Waals surface area contributed by atoms with Crippen LogP contribution in [0.15, 0.2) is 24.3 Å². The van der Waals surface area contributed by atoms with Gasteiger partial charge in [0.05, 0.1) is 0 Å². The molecule has 0 aliphatic carbocycles. The summed E-state index contributed by atoms with van der Waals surface area (Å²) in [5.41, 5.74) is 2.06. The number of rotatable bonds is 4. The van der Waals surface area contributed by atoms with Crippen LogP contribution < -0.4 is 5.32 Å². The van der Waals surface area contributed by atoms with E-state index >= 15 is 0 Å². The van der Waals surface area contributed by atoms with E-state index in [0.717, 1.165) is 36.9 Å². The smallest absolute Gasteiger partial charge is 0.254 e. The fourth-order valence-corrected chi connectivity index (χ4v) is 4.04. The highest BCUT2D eigenvalue weighted by Gasteiger charge is 2.37. The van der Waals surface area contributed by atoms with E-state index in [2.05, 4.69) is 30.1 Å². The highest BCUT2D eigenvalue weighted by Crippen LogP contribution is 2.30. The molecule has 21 heavy (non-hydrogen) atoms. The van der Waals surface area contributed by atoms with Gasteiger partial charge in [-0.3, -0.25) is 4.79 Å². The van der Waals surface area contributed by atoms with Gasteiger partial charge in [-0.1, -0.05) is 25.1 Å². The molecule has 1 aromatic carbocycles. The number of carbonyl (C=O) groups excluding carboxylic acids is 1. The Labute approximate surface area is 127 Å². The topological polar surface area (TPSA) is 32.3 Å². The highest BCUT2D eigenvalue weighted by atomic mass is 16.2. The van der Waals surface area contributed by atoms with Gasteiger partial charge in [0.1, 0.15) is 0 Å². The van der Waals surface area contributed by atoms with Crippen molar-refractivity contribution in [3.05, 3.63) is 35.4 Å². The fraction of sp³-hybridized carbons (Fsp3) is 0.611. The van der Waals surface area contributed by atoms with Crippen LogP contribution in [0.25, 0.3) is 0 Å². The van der Waals surface area contributed by atoms with E-state index in [1.807, 2.05) is 18.2 Å². The minimum absolute atomic E-state index is 0.223. The number of fused-ring (bicyclic) bond motifs is 2. The minimum Gasteiger partial charge on any atom is -0.336 e. The first-order valence-corrected chi connectivity index (χ1v) is 8.37. The molecule has 2 bridgehead atoms. The Morgan fingerprint density at radius 2 is 1.86 bits per heavy atom. The van der Waals surface area contributed by atoms with Crippen molar-refractivity contribution in [1.82, 2.24) is 10.2 Å². The monoisotopic (exact) mass is 286 g/mol. The predicted octanol–water partition coefficient (Wildman–Crippen LogP) is 2.99. The molecule has 1 N–H and O–H groups in total. The van der Waals surface area contributed by atoms with E-state index in [9.17, 15) is 4.79 Å². The molecular formula is C18H26N2O. The summed E-state index contributed by atoms with van der Waals surface area (Å²) in [6, 6.07) is 9.72. The van der Waals surface area contributed by atoms with E-state index in [1.165, 1.54) is 12.8 Å². The van der Waals surface area contributed by atoms with Gasteiger partial charge < -0.3 is 10.2 Å². The maximum atomic E-state index is 13.0. The van der Waals surface area contributed by atoms with Crippen molar-refractivity contribution in [3.8, 4) is 0 Å². The number of hydrogen-bond donors (Lipinski definition) is 1. The number of carbonyl (C=O) groups is 1. The molecule has 2 unspecified atom stereocenters. The van der Waals surface area contributed by atoms with Gasteiger partial charge in [0, 0.05) is 30.2 Å². The van der Waals surface area contributed by atoms with Crippen LogP contribution in [0, 0.1) is 0 Å². The number of nitrogens with one attached hydrogen (secondary N) is 1. The summed E-state index contributed by atoms with van der Waals surface area (Å²) in [7, 11) is 0. The van der Waals surface area contributed by atoms with Crippen molar-refractivity contribution in [2.45, 2.75) is 64.1 Å². The Morgan fingerprint density at radius 1 is 1.19 bits per heavy atom.